The number of hydrogen-bond donors (Lipinski definition) is 1. The lowest BCUT2D eigenvalue weighted by atomic mass is 10.2. The predicted molar refractivity (Wildman–Crippen MR) is 89.5 cm³/mol. The quantitative estimate of drug-likeness (QED) is 0.822. The Morgan fingerprint density at radius 2 is 1.81 bits per heavy atom. The van der Waals surface area contributed by atoms with Crippen molar-refractivity contribution in [1.82, 2.24) is 15.3 Å². The molecule has 2 aromatic rings. The Morgan fingerprint density at radius 1 is 1.10 bits per heavy atom. The van der Waals surface area contributed by atoms with E-state index in [4.69, 9.17) is 0 Å². The summed E-state index contributed by atoms with van der Waals surface area (Å²) in [6.07, 6.45) is 0. The summed E-state index contributed by atoms with van der Waals surface area (Å²) in [5.41, 5.74) is 3.38. The first-order valence-corrected chi connectivity index (χ1v) is 8.28. The first kappa shape index (κ1) is 16.0. The van der Waals surface area contributed by atoms with Crippen molar-refractivity contribution in [3.8, 4) is 0 Å². The van der Waals surface area contributed by atoms with E-state index in [0.29, 0.717) is 6.04 Å². The van der Waals surface area contributed by atoms with Crippen LogP contribution in [0.25, 0.3) is 0 Å². The van der Waals surface area contributed by atoms with Crippen molar-refractivity contribution in [1.29, 1.82) is 0 Å². The van der Waals surface area contributed by atoms with Gasteiger partial charge in [-0.25, -0.2) is 9.97 Å². The Balaban J connectivity index is 2.00. The first-order chi connectivity index (χ1) is 10.0. The van der Waals surface area contributed by atoms with E-state index in [2.05, 4.69) is 66.4 Å². The molecule has 0 spiro atoms. The van der Waals surface area contributed by atoms with E-state index in [1.807, 2.05) is 6.92 Å². The maximum Gasteiger partial charge on any atom is 0.139 e. The van der Waals surface area contributed by atoms with Crippen LogP contribution in [0.15, 0.2) is 35.2 Å². The Kier molecular flexibility index (Phi) is 5.76. The van der Waals surface area contributed by atoms with E-state index in [0.717, 1.165) is 29.5 Å². The van der Waals surface area contributed by atoms with Crippen molar-refractivity contribution in [3.05, 3.63) is 53.1 Å². The molecule has 0 aliphatic heterocycles. The molecule has 1 heterocycles. The number of aryl methyl sites for hydroxylation is 2. The third-order valence-electron chi connectivity index (χ3n) is 3.03. The molecule has 1 aromatic carbocycles. The SMILES string of the molecule is Cc1ccc(SCc2nc(C)cc(CNC(C)C)n2)cc1. The molecule has 0 radical (unpaired) electrons. The van der Waals surface area contributed by atoms with Gasteiger partial charge in [-0.1, -0.05) is 31.5 Å². The van der Waals surface area contributed by atoms with E-state index >= 15 is 0 Å². The number of hydrogen-bond acceptors (Lipinski definition) is 4. The van der Waals surface area contributed by atoms with Crippen LogP contribution >= 0.6 is 11.8 Å². The monoisotopic (exact) mass is 301 g/mol. The lowest BCUT2D eigenvalue weighted by molar-refractivity contribution is 0.579. The van der Waals surface area contributed by atoms with Gasteiger partial charge in [0.25, 0.3) is 0 Å². The molecule has 21 heavy (non-hydrogen) atoms. The number of nitrogens with one attached hydrogen (secondary N) is 1. The minimum absolute atomic E-state index is 0.464. The minimum atomic E-state index is 0.464. The third kappa shape index (κ3) is 5.48. The van der Waals surface area contributed by atoms with Crippen LogP contribution in [0.2, 0.25) is 0 Å². The van der Waals surface area contributed by atoms with Crippen LogP contribution < -0.4 is 5.32 Å². The molecular formula is C17H23N3S. The summed E-state index contributed by atoms with van der Waals surface area (Å²) in [6.45, 7) is 9.21. The first-order valence-electron chi connectivity index (χ1n) is 7.29. The Hall–Kier alpha value is -1.39. The lowest BCUT2D eigenvalue weighted by Gasteiger charge is -2.09. The van der Waals surface area contributed by atoms with Crippen LogP contribution in [0, 0.1) is 13.8 Å². The lowest BCUT2D eigenvalue weighted by Crippen LogP contribution is -2.22. The van der Waals surface area contributed by atoms with Gasteiger partial charge in [0, 0.05) is 23.2 Å². The van der Waals surface area contributed by atoms with E-state index in [1.54, 1.807) is 11.8 Å². The number of rotatable bonds is 6. The minimum Gasteiger partial charge on any atom is -0.309 e. The zero-order chi connectivity index (χ0) is 15.2. The van der Waals surface area contributed by atoms with Crippen molar-refractivity contribution in [2.45, 2.75) is 50.9 Å². The molecule has 0 saturated carbocycles. The average molecular weight is 301 g/mol. The molecule has 0 aliphatic rings. The average Bonchev–Trinajstić information content (AvgIpc) is 2.44. The molecule has 0 amide bonds. The van der Waals surface area contributed by atoms with Crippen LogP contribution in [-0.2, 0) is 12.3 Å². The van der Waals surface area contributed by atoms with Gasteiger partial charge in [0.2, 0.25) is 0 Å². The van der Waals surface area contributed by atoms with E-state index in [-0.39, 0.29) is 0 Å². The standard InChI is InChI=1S/C17H23N3S/c1-12(2)18-10-15-9-14(4)19-17(20-15)11-21-16-7-5-13(3)6-8-16/h5-9,12,18H,10-11H2,1-4H3. The predicted octanol–water partition coefficient (Wildman–Crippen LogP) is 3.88. The van der Waals surface area contributed by atoms with Gasteiger partial charge in [0.15, 0.2) is 0 Å². The molecule has 2 rings (SSSR count). The summed E-state index contributed by atoms with van der Waals surface area (Å²) in [4.78, 5) is 10.4. The maximum atomic E-state index is 4.64. The number of benzene rings is 1. The normalized spacial score (nSPS) is 11.1. The van der Waals surface area contributed by atoms with Crippen LogP contribution in [0.3, 0.4) is 0 Å². The highest BCUT2D eigenvalue weighted by molar-refractivity contribution is 7.98. The molecule has 0 bridgehead atoms. The number of aromatic nitrogens is 2. The van der Waals surface area contributed by atoms with Gasteiger partial charge in [0.1, 0.15) is 5.82 Å². The smallest absolute Gasteiger partial charge is 0.139 e. The molecule has 112 valence electrons. The molecule has 1 aromatic heterocycles. The second kappa shape index (κ2) is 7.57. The topological polar surface area (TPSA) is 37.8 Å². The molecule has 0 saturated heterocycles. The summed E-state index contributed by atoms with van der Waals surface area (Å²) in [5, 5.41) is 3.40. The summed E-state index contributed by atoms with van der Waals surface area (Å²) < 4.78 is 0. The van der Waals surface area contributed by atoms with Crippen molar-refractivity contribution >= 4 is 11.8 Å². The van der Waals surface area contributed by atoms with Gasteiger partial charge >= 0.3 is 0 Å². The summed E-state index contributed by atoms with van der Waals surface area (Å²) in [7, 11) is 0. The Morgan fingerprint density at radius 3 is 2.48 bits per heavy atom. The van der Waals surface area contributed by atoms with E-state index < -0.39 is 0 Å². The highest BCUT2D eigenvalue weighted by Crippen LogP contribution is 2.21. The summed E-state index contributed by atoms with van der Waals surface area (Å²) >= 11 is 1.78. The third-order valence-corrected chi connectivity index (χ3v) is 4.04. The second-order valence-electron chi connectivity index (χ2n) is 5.55. The van der Waals surface area contributed by atoms with Gasteiger partial charge in [-0.15, -0.1) is 11.8 Å². The van der Waals surface area contributed by atoms with Crippen LogP contribution in [0.5, 0.6) is 0 Å². The number of nitrogens with zero attached hydrogens (tertiary/aromatic N) is 2. The fourth-order valence-electron chi connectivity index (χ4n) is 1.95. The Labute approximate surface area is 131 Å². The molecule has 0 fully saturated rings. The van der Waals surface area contributed by atoms with Gasteiger partial charge < -0.3 is 5.32 Å². The zero-order valence-corrected chi connectivity index (χ0v) is 14.0. The fraction of sp³-hybridized carbons (Fsp3) is 0.412. The van der Waals surface area contributed by atoms with E-state index in [9.17, 15) is 0 Å². The fourth-order valence-corrected chi connectivity index (χ4v) is 2.70. The van der Waals surface area contributed by atoms with E-state index in [1.165, 1.54) is 10.5 Å². The molecule has 3 nitrogen and oxygen atoms in total. The van der Waals surface area contributed by atoms with Crippen LogP contribution in [-0.4, -0.2) is 16.0 Å². The molecule has 0 atom stereocenters. The summed E-state index contributed by atoms with van der Waals surface area (Å²) in [5.74, 6) is 1.71. The van der Waals surface area contributed by atoms with Crippen molar-refractivity contribution < 1.29 is 0 Å². The summed E-state index contributed by atoms with van der Waals surface area (Å²) in [6, 6.07) is 11.1. The second-order valence-corrected chi connectivity index (χ2v) is 6.60. The van der Waals surface area contributed by atoms with Gasteiger partial charge in [-0.3, -0.25) is 0 Å². The van der Waals surface area contributed by atoms with Crippen molar-refractivity contribution in [2.75, 3.05) is 0 Å². The molecule has 0 unspecified atom stereocenters. The molecular weight excluding hydrogens is 278 g/mol. The molecule has 1 N–H and O–H groups in total. The van der Waals surface area contributed by atoms with Crippen molar-refractivity contribution in [2.24, 2.45) is 0 Å². The van der Waals surface area contributed by atoms with Crippen LogP contribution in [0.1, 0.15) is 36.6 Å². The highest BCUT2D eigenvalue weighted by atomic mass is 32.2. The van der Waals surface area contributed by atoms with Gasteiger partial charge in [-0.05, 0) is 32.0 Å². The Bertz CT molecular complexity index is 579. The number of thioether (sulfide) groups is 1. The van der Waals surface area contributed by atoms with Crippen LogP contribution in [0.4, 0.5) is 0 Å². The largest absolute Gasteiger partial charge is 0.309 e. The highest BCUT2D eigenvalue weighted by Gasteiger charge is 2.04. The molecule has 4 heteroatoms. The maximum absolute atomic E-state index is 4.64. The van der Waals surface area contributed by atoms with Crippen molar-refractivity contribution in [3.63, 3.8) is 0 Å². The zero-order valence-electron chi connectivity index (χ0n) is 13.2. The van der Waals surface area contributed by atoms with Gasteiger partial charge in [-0.2, -0.15) is 0 Å². The van der Waals surface area contributed by atoms with Gasteiger partial charge in [0.05, 0.1) is 11.4 Å². The molecule has 0 aliphatic carbocycles.